The second kappa shape index (κ2) is 7.67. The van der Waals surface area contributed by atoms with Crippen LogP contribution < -0.4 is 10.6 Å². The number of aromatic nitrogens is 4. The molecule has 1 aliphatic heterocycles. The molecule has 0 radical (unpaired) electrons. The molecular formula is C17H27N7O. The van der Waals surface area contributed by atoms with E-state index in [-0.39, 0.29) is 0 Å². The second-order valence-corrected chi connectivity index (χ2v) is 6.45. The van der Waals surface area contributed by atoms with Crippen LogP contribution in [0.4, 0.5) is 0 Å². The SMILES string of the molecule is CCNC(=NCCc1c(C)noc1C)NC1CCc2nc(C)nn2C1. The molecule has 0 aliphatic carbocycles. The molecule has 8 heteroatoms. The molecule has 0 spiro atoms. The van der Waals surface area contributed by atoms with E-state index < -0.39 is 0 Å². The molecule has 0 aromatic carbocycles. The van der Waals surface area contributed by atoms with Gasteiger partial charge in [-0.15, -0.1) is 0 Å². The van der Waals surface area contributed by atoms with Crippen molar-refractivity contribution in [1.82, 2.24) is 30.6 Å². The number of fused-ring (bicyclic) bond motifs is 1. The van der Waals surface area contributed by atoms with E-state index >= 15 is 0 Å². The van der Waals surface area contributed by atoms with Gasteiger partial charge in [-0.3, -0.25) is 4.99 Å². The molecule has 0 bridgehead atoms. The minimum absolute atomic E-state index is 0.311. The lowest BCUT2D eigenvalue weighted by atomic mass is 10.1. The van der Waals surface area contributed by atoms with Gasteiger partial charge in [-0.05, 0) is 40.5 Å². The lowest BCUT2D eigenvalue weighted by Crippen LogP contribution is -2.47. The highest BCUT2D eigenvalue weighted by atomic mass is 16.5. The molecule has 0 saturated carbocycles. The predicted octanol–water partition coefficient (Wildman–Crippen LogP) is 1.30. The normalized spacial score (nSPS) is 17.4. The molecule has 2 N–H and O–H groups in total. The first-order valence-corrected chi connectivity index (χ1v) is 8.93. The average molecular weight is 345 g/mol. The minimum atomic E-state index is 0.311. The summed E-state index contributed by atoms with van der Waals surface area (Å²) in [6.45, 7) is 10.3. The van der Waals surface area contributed by atoms with E-state index in [0.717, 1.165) is 67.0 Å². The molecule has 2 aromatic rings. The summed E-state index contributed by atoms with van der Waals surface area (Å²) in [5, 5.41) is 15.3. The van der Waals surface area contributed by atoms with Gasteiger partial charge in [0.05, 0.1) is 12.2 Å². The second-order valence-electron chi connectivity index (χ2n) is 6.45. The maximum Gasteiger partial charge on any atom is 0.191 e. The van der Waals surface area contributed by atoms with Gasteiger partial charge in [-0.25, -0.2) is 9.67 Å². The molecule has 8 nitrogen and oxygen atoms in total. The summed E-state index contributed by atoms with van der Waals surface area (Å²) in [6.07, 6.45) is 2.80. The summed E-state index contributed by atoms with van der Waals surface area (Å²) >= 11 is 0. The first kappa shape index (κ1) is 17.4. The van der Waals surface area contributed by atoms with Gasteiger partial charge in [-0.1, -0.05) is 5.16 Å². The van der Waals surface area contributed by atoms with Crippen LogP contribution in [0.3, 0.4) is 0 Å². The van der Waals surface area contributed by atoms with Crippen LogP contribution in [0.5, 0.6) is 0 Å². The lowest BCUT2D eigenvalue weighted by Gasteiger charge is -2.25. The Hall–Kier alpha value is -2.38. The van der Waals surface area contributed by atoms with Crippen LogP contribution in [0.15, 0.2) is 9.52 Å². The van der Waals surface area contributed by atoms with E-state index in [1.807, 2.05) is 25.5 Å². The van der Waals surface area contributed by atoms with Gasteiger partial charge >= 0.3 is 0 Å². The Kier molecular flexibility index (Phi) is 5.35. The number of rotatable bonds is 5. The topological polar surface area (TPSA) is 93.2 Å². The quantitative estimate of drug-likeness (QED) is 0.627. The molecule has 3 heterocycles. The van der Waals surface area contributed by atoms with Crippen molar-refractivity contribution in [3.05, 3.63) is 28.7 Å². The van der Waals surface area contributed by atoms with E-state index in [0.29, 0.717) is 12.6 Å². The number of nitrogens with one attached hydrogen (secondary N) is 2. The zero-order valence-electron chi connectivity index (χ0n) is 15.5. The average Bonchev–Trinajstić information content (AvgIpc) is 3.10. The van der Waals surface area contributed by atoms with E-state index in [1.165, 1.54) is 0 Å². The summed E-state index contributed by atoms with van der Waals surface area (Å²) in [5.41, 5.74) is 2.10. The van der Waals surface area contributed by atoms with Gasteiger partial charge in [0.25, 0.3) is 0 Å². The number of hydrogen-bond acceptors (Lipinski definition) is 5. The van der Waals surface area contributed by atoms with Crippen LogP contribution in [0.2, 0.25) is 0 Å². The van der Waals surface area contributed by atoms with Gasteiger partial charge < -0.3 is 15.2 Å². The number of aryl methyl sites for hydroxylation is 4. The Balaban J connectivity index is 1.59. The number of aliphatic imine (C=N–C) groups is 1. The molecule has 25 heavy (non-hydrogen) atoms. The Morgan fingerprint density at radius 2 is 2.20 bits per heavy atom. The van der Waals surface area contributed by atoms with Crippen molar-refractivity contribution in [3.63, 3.8) is 0 Å². The number of guanidine groups is 1. The Labute approximate surface area is 148 Å². The molecule has 1 atom stereocenters. The van der Waals surface area contributed by atoms with Gasteiger partial charge in [0.1, 0.15) is 17.4 Å². The summed E-state index contributed by atoms with van der Waals surface area (Å²) in [6, 6.07) is 0.311. The molecule has 1 aliphatic rings. The lowest BCUT2D eigenvalue weighted by molar-refractivity contribution is 0.391. The van der Waals surface area contributed by atoms with Crippen molar-refractivity contribution < 1.29 is 4.52 Å². The molecule has 2 aromatic heterocycles. The van der Waals surface area contributed by atoms with E-state index in [9.17, 15) is 0 Å². The Morgan fingerprint density at radius 3 is 2.92 bits per heavy atom. The first-order chi connectivity index (χ1) is 12.1. The van der Waals surface area contributed by atoms with Crippen molar-refractivity contribution in [2.24, 2.45) is 4.99 Å². The van der Waals surface area contributed by atoms with Gasteiger partial charge in [0.15, 0.2) is 5.96 Å². The van der Waals surface area contributed by atoms with Crippen molar-refractivity contribution in [2.45, 2.75) is 59.5 Å². The summed E-state index contributed by atoms with van der Waals surface area (Å²) in [7, 11) is 0. The highest BCUT2D eigenvalue weighted by Crippen LogP contribution is 2.14. The molecule has 0 saturated heterocycles. The summed E-state index contributed by atoms with van der Waals surface area (Å²) in [5.74, 6) is 3.65. The maximum absolute atomic E-state index is 5.21. The van der Waals surface area contributed by atoms with Crippen LogP contribution in [0.25, 0.3) is 0 Å². The number of nitrogens with zero attached hydrogens (tertiary/aromatic N) is 5. The van der Waals surface area contributed by atoms with Crippen LogP contribution in [0.1, 0.15) is 42.0 Å². The smallest absolute Gasteiger partial charge is 0.191 e. The largest absolute Gasteiger partial charge is 0.361 e. The molecule has 136 valence electrons. The van der Waals surface area contributed by atoms with Crippen LogP contribution in [-0.4, -0.2) is 45.0 Å². The highest BCUT2D eigenvalue weighted by Gasteiger charge is 2.21. The zero-order valence-corrected chi connectivity index (χ0v) is 15.5. The minimum Gasteiger partial charge on any atom is -0.361 e. The molecule has 3 rings (SSSR count). The van der Waals surface area contributed by atoms with Crippen molar-refractivity contribution in [2.75, 3.05) is 13.1 Å². The fraction of sp³-hybridized carbons (Fsp3) is 0.647. The Morgan fingerprint density at radius 1 is 1.36 bits per heavy atom. The molecule has 0 fully saturated rings. The van der Waals surface area contributed by atoms with Gasteiger partial charge in [-0.2, -0.15) is 5.10 Å². The van der Waals surface area contributed by atoms with Crippen molar-refractivity contribution in [3.8, 4) is 0 Å². The van der Waals surface area contributed by atoms with Gasteiger partial charge in [0.2, 0.25) is 0 Å². The Bertz CT molecular complexity index is 727. The maximum atomic E-state index is 5.21. The standard InChI is InChI=1S/C17H27N7O/c1-5-18-17(19-9-8-15-11(2)23-25-12(15)3)21-14-6-7-16-20-13(4)22-24(16)10-14/h14H,5-10H2,1-4H3,(H2,18,19,21). The van der Waals surface area contributed by atoms with Crippen LogP contribution in [0, 0.1) is 20.8 Å². The van der Waals surface area contributed by atoms with Crippen molar-refractivity contribution >= 4 is 5.96 Å². The van der Waals surface area contributed by atoms with Gasteiger partial charge in [0, 0.05) is 31.1 Å². The molecule has 1 unspecified atom stereocenters. The fourth-order valence-corrected chi connectivity index (χ4v) is 3.20. The van der Waals surface area contributed by atoms with E-state index in [4.69, 9.17) is 9.52 Å². The van der Waals surface area contributed by atoms with Crippen molar-refractivity contribution in [1.29, 1.82) is 0 Å². The third-order valence-electron chi connectivity index (χ3n) is 4.46. The molecular weight excluding hydrogens is 318 g/mol. The zero-order chi connectivity index (χ0) is 17.8. The summed E-state index contributed by atoms with van der Waals surface area (Å²) < 4.78 is 7.22. The monoisotopic (exact) mass is 345 g/mol. The third kappa shape index (κ3) is 4.18. The van der Waals surface area contributed by atoms with Crippen LogP contribution in [-0.2, 0) is 19.4 Å². The summed E-state index contributed by atoms with van der Waals surface area (Å²) in [4.78, 5) is 9.16. The fourth-order valence-electron chi connectivity index (χ4n) is 3.20. The number of hydrogen-bond donors (Lipinski definition) is 2. The molecule has 0 amide bonds. The predicted molar refractivity (Wildman–Crippen MR) is 95.7 cm³/mol. The van der Waals surface area contributed by atoms with Crippen LogP contribution >= 0.6 is 0 Å². The van der Waals surface area contributed by atoms with E-state index in [1.54, 1.807) is 0 Å². The third-order valence-corrected chi connectivity index (χ3v) is 4.46. The van der Waals surface area contributed by atoms with E-state index in [2.05, 4.69) is 32.8 Å². The first-order valence-electron chi connectivity index (χ1n) is 8.93. The highest BCUT2D eigenvalue weighted by molar-refractivity contribution is 5.80.